The number of imidazole rings is 1. The van der Waals surface area contributed by atoms with Gasteiger partial charge in [0.2, 0.25) is 0 Å². The van der Waals surface area contributed by atoms with Crippen molar-refractivity contribution in [3.8, 4) is 0 Å². The Bertz CT molecular complexity index is 442. The molecular formula is C10H9BrFN3. The fourth-order valence-corrected chi connectivity index (χ4v) is 1.57. The van der Waals surface area contributed by atoms with Gasteiger partial charge < -0.3 is 10.3 Å². The lowest BCUT2D eigenvalue weighted by atomic mass is 10.3. The zero-order chi connectivity index (χ0) is 10.7. The fourth-order valence-electron chi connectivity index (χ4n) is 1.21. The largest absolute Gasteiger partial charge is 0.375 e. The van der Waals surface area contributed by atoms with E-state index in [4.69, 9.17) is 0 Å². The van der Waals surface area contributed by atoms with Crippen molar-refractivity contribution in [3.63, 3.8) is 0 Å². The first-order valence-electron chi connectivity index (χ1n) is 4.43. The molecule has 2 rings (SSSR count). The van der Waals surface area contributed by atoms with E-state index >= 15 is 0 Å². The average Bonchev–Trinajstić information content (AvgIpc) is 2.72. The van der Waals surface area contributed by atoms with Crippen molar-refractivity contribution in [2.24, 2.45) is 0 Å². The minimum absolute atomic E-state index is 0.273. The van der Waals surface area contributed by atoms with Gasteiger partial charge in [0.05, 0.1) is 12.2 Å². The molecule has 0 aliphatic heterocycles. The van der Waals surface area contributed by atoms with Gasteiger partial charge in [-0.1, -0.05) is 15.9 Å². The van der Waals surface area contributed by atoms with Crippen molar-refractivity contribution in [1.82, 2.24) is 9.97 Å². The molecule has 0 saturated carbocycles. The number of H-pyrrole nitrogens is 1. The summed E-state index contributed by atoms with van der Waals surface area (Å²) in [6.07, 6.45) is 3.39. The molecule has 5 heteroatoms. The minimum atomic E-state index is -0.273. The Kier molecular flexibility index (Phi) is 3.01. The van der Waals surface area contributed by atoms with E-state index in [1.165, 1.54) is 6.07 Å². The lowest BCUT2D eigenvalue weighted by molar-refractivity contribution is 0.629. The molecule has 2 aromatic rings. The maximum Gasteiger partial charge on any atom is 0.146 e. The van der Waals surface area contributed by atoms with Crippen LogP contribution in [0.2, 0.25) is 0 Å². The van der Waals surface area contributed by atoms with Crippen molar-refractivity contribution in [1.29, 1.82) is 0 Å². The van der Waals surface area contributed by atoms with E-state index in [0.29, 0.717) is 12.2 Å². The molecule has 1 heterocycles. The van der Waals surface area contributed by atoms with E-state index in [1.54, 1.807) is 24.5 Å². The second-order valence-corrected chi connectivity index (χ2v) is 3.93. The molecule has 2 N–H and O–H groups in total. The first-order chi connectivity index (χ1) is 7.25. The zero-order valence-corrected chi connectivity index (χ0v) is 9.38. The number of halogens is 2. The number of benzene rings is 1. The van der Waals surface area contributed by atoms with Gasteiger partial charge in [0.15, 0.2) is 0 Å². The molecule has 15 heavy (non-hydrogen) atoms. The number of anilines is 1. The molecule has 1 aromatic carbocycles. The lowest BCUT2D eigenvalue weighted by Gasteiger charge is -2.06. The van der Waals surface area contributed by atoms with Crippen LogP contribution in [0.25, 0.3) is 0 Å². The van der Waals surface area contributed by atoms with Crippen LogP contribution in [0.4, 0.5) is 10.1 Å². The minimum Gasteiger partial charge on any atom is -0.375 e. The maximum atomic E-state index is 13.3. The highest BCUT2D eigenvalue weighted by Gasteiger charge is 2.02. The van der Waals surface area contributed by atoms with Gasteiger partial charge in [-0.05, 0) is 18.2 Å². The van der Waals surface area contributed by atoms with Crippen molar-refractivity contribution in [3.05, 3.63) is 46.7 Å². The van der Waals surface area contributed by atoms with Gasteiger partial charge in [-0.15, -0.1) is 0 Å². The quantitative estimate of drug-likeness (QED) is 0.900. The van der Waals surface area contributed by atoms with Gasteiger partial charge >= 0.3 is 0 Å². The predicted octanol–water partition coefficient (Wildman–Crippen LogP) is 2.92. The number of hydrogen-bond acceptors (Lipinski definition) is 2. The van der Waals surface area contributed by atoms with Crippen molar-refractivity contribution < 1.29 is 4.39 Å². The number of nitrogens with one attached hydrogen (secondary N) is 2. The molecule has 0 aliphatic carbocycles. The summed E-state index contributed by atoms with van der Waals surface area (Å²) >= 11 is 3.28. The molecule has 0 fully saturated rings. The smallest absolute Gasteiger partial charge is 0.146 e. The van der Waals surface area contributed by atoms with E-state index in [1.807, 2.05) is 0 Å². The fraction of sp³-hybridized carbons (Fsp3) is 0.100. The van der Waals surface area contributed by atoms with Gasteiger partial charge in [-0.3, -0.25) is 0 Å². The van der Waals surface area contributed by atoms with Crippen LogP contribution >= 0.6 is 15.9 Å². The van der Waals surface area contributed by atoms with E-state index in [0.717, 1.165) is 10.3 Å². The van der Waals surface area contributed by atoms with Crippen LogP contribution in [-0.4, -0.2) is 9.97 Å². The average molecular weight is 270 g/mol. The van der Waals surface area contributed by atoms with Gasteiger partial charge in [-0.25, -0.2) is 9.37 Å². The third-order valence-electron chi connectivity index (χ3n) is 1.93. The van der Waals surface area contributed by atoms with E-state index in [-0.39, 0.29) is 5.82 Å². The molecule has 3 nitrogen and oxygen atoms in total. The Labute approximate surface area is 94.9 Å². The Morgan fingerprint density at radius 3 is 3.07 bits per heavy atom. The van der Waals surface area contributed by atoms with Crippen molar-refractivity contribution in [2.75, 3.05) is 5.32 Å². The highest BCUT2D eigenvalue weighted by molar-refractivity contribution is 9.10. The molecule has 0 aliphatic rings. The van der Waals surface area contributed by atoms with Crippen LogP contribution < -0.4 is 5.32 Å². The summed E-state index contributed by atoms with van der Waals surface area (Å²) in [6.45, 7) is 0.473. The number of nitrogens with zero attached hydrogens (tertiary/aromatic N) is 1. The summed E-state index contributed by atoms with van der Waals surface area (Å²) in [6, 6.07) is 4.76. The number of rotatable bonds is 3. The summed E-state index contributed by atoms with van der Waals surface area (Å²) < 4.78 is 14.1. The summed E-state index contributed by atoms with van der Waals surface area (Å²) in [5, 5.41) is 2.96. The maximum absolute atomic E-state index is 13.3. The third kappa shape index (κ3) is 2.56. The molecule has 0 atom stereocenters. The molecule has 1 aromatic heterocycles. The van der Waals surface area contributed by atoms with Gasteiger partial charge in [0, 0.05) is 16.9 Å². The molecule has 78 valence electrons. The van der Waals surface area contributed by atoms with Gasteiger partial charge in [-0.2, -0.15) is 0 Å². The van der Waals surface area contributed by atoms with Crippen molar-refractivity contribution in [2.45, 2.75) is 6.54 Å². The van der Waals surface area contributed by atoms with Crippen molar-refractivity contribution >= 4 is 21.6 Å². The molecule has 0 radical (unpaired) electrons. The molecular weight excluding hydrogens is 261 g/mol. The Hall–Kier alpha value is -1.36. The summed E-state index contributed by atoms with van der Waals surface area (Å²) in [5.41, 5.74) is 0.459. The Morgan fingerprint density at radius 1 is 1.47 bits per heavy atom. The van der Waals surface area contributed by atoms with Crippen LogP contribution in [0.5, 0.6) is 0 Å². The number of aromatic nitrogens is 2. The number of aromatic amines is 1. The van der Waals surface area contributed by atoms with Gasteiger partial charge in [0.25, 0.3) is 0 Å². The second-order valence-electron chi connectivity index (χ2n) is 3.01. The summed E-state index contributed by atoms with van der Waals surface area (Å²) in [4.78, 5) is 6.96. The first-order valence-corrected chi connectivity index (χ1v) is 5.22. The summed E-state index contributed by atoms with van der Waals surface area (Å²) in [7, 11) is 0. The Morgan fingerprint density at radius 2 is 2.33 bits per heavy atom. The second kappa shape index (κ2) is 4.44. The SMILES string of the molecule is Fc1ccc(Br)cc1NCc1ncc[nH]1. The molecule has 0 saturated heterocycles. The van der Waals surface area contributed by atoms with Crippen LogP contribution in [0.3, 0.4) is 0 Å². The molecule has 0 unspecified atom stereocenters. The van der Waals surface area contributed by atoms with E-state index in [9.17, 15) is 4.39 Å². The van der Waals surface area contributed by atoms with E-state index < -0.39 is 0 Å². The first kappa shape index (κ1) is 10.2. The molecule has 0 bridgehead atoms. The Balaban J connectivity index is 2.07. The molecule has 0 spiro atoms. The predicted molar refractivity (Wildman–Crippen MR) is 60.0 cm³/mol. The monoisotopic (exact) mass is 269 g/mol. The zero-order valence-electron chi connectivity index (χ0n) is 7.80. The third-order valence-corrected chi connectivity index (χ3v) is 2.42. The normalized spacial score (nSPS) is 10.3. The highest BCUT2D eigenvalue weighted by Crippen LogP contribution is 2.20. The van der Waals surface area contributed by atoms with Gasteiger partial charge in [0.1, 0.15) is 11.6 Å². The lowest BCUT2D eigenvalue weighted by Crippen LogP contribution is -2.02. The van der Waals surface area contributed by atoms with E-state index in [2.05, 4.69) is 31.2 Å². The number of hydrogen-bond donors (Lipinski definition) is 2. The van der Waals surface area contributed by atoms with Crippen LogP contribution in [-0.2, 0) is 6.54 Å². The van der Waals surface area contributed by atoms with Crippen LogP contribution in [0.1, 0.15) is 5.82 Å². The van der Waals surface area contributed by atoms with Crippen LogP contribution in [0.15, 0.2) is 35.1 Å². The summed E-state index contributed by atoms with van der Waals surface area (Å²) in [5.74, 6) is 0.499. The molecule has 0 amide bonds. The standard InChI is InChI=1S/C10H9BrFN3/c11-7-1-2-8(12)9(5-7)15-6-10-13-3-4-14-10/h1-5,15H,6H2,(H,13,14). The topological polar surface area (TPSA) is 40.7 Å². The van der Waals surface area contributed by atoms with Crippen LogP contribution in [0, 0.1) is 5.82 Å². The highest BCUT2D eigenvalue weighted by atomic mass is 79.9.